The quantitative estimate of drug-likeness (QED) is 0.333. The third-order valence-electron chi connectivity index (χ3n) is 7.10. The summed E-state index contributed by atoms with van der Waals surface area (Å²) in [6.45, 7) is 10.5. The zero-order chi connectivity index (χ0) is 27.2. The molecule has 1 aliphatic rings. The van der Waals surface area contributed by atoms with Gasteiger partial charge in [0.1, 0.15) is 5.75 Å². The number of imidazole rings is 1. The molecule has 0 bridgehead atoms. The number of carbonyl (C=O) groups is 1. The van der Waals surface area contributed by atoms with Gasteiger partial charge in [-0.15, -0.1) is 0 Å². The number of nitrogens with zero attached hydrogens (tertiary/aromatic N) is 1. The summed E-state index contributed by atoms with van der Waals surface area (Å²) in [6, 6.07) is 15.9. The van der Waals surface area contributed by atoms with Gasteiger partial charge in [-0.25, -0.2) is 9.59 Å². The highest BCUT2D eigenvalue weighted by Gasteiger charge is 2.34. The number of aromatic nitrogens is 2. The summed E-state index contributed by atoms with van der Waals surface area (Å²) in [7, 11) is 0. The van der Waals surface area contributed by atoms with Crippen molar-refractivity contribution < 1.29 is 19.4 Å². The minimum Gasteiger partial charge on any atom is -0.493 e. The van der Waals surface area contributed by atoms with Gasteiger partial charge in [-0.3, -0.25) is 4.57 Å². The van der Waals surface area contributed by atoms with Crippen molar-refractivity contribution in [3.05, 3.63) is 86.8 Å². The van der Waals surface area contributed by atoms with Crippen LogP contribution in [0, 0.1) is 13.8 Å². The topological polar surface area (TPSA) is 93.6 Å². The average Bonchev–Trinajstić information content (AvgIpc) is 3.20. The first kappa shape index (κ1) is 25.8. The van der Waals surface area contributed by atoms with E-state index in [0.29, 0.717) is 29.8 Å². The predicted octanol–water partition coefficient (Wildman–Crippen LogP) is 5.93. The first-order chi connectivity index (χ1) is 18.0. The van der Waals surface area contributed by atoms with Crippen LogP contribution in [0.1, 0.15) is 61.1 Å². The number of aliphatic carboxylic acids is 1. The van der Waals surface area contributed by atoms with Crippen LogP contribution in [0.4, 0.5) is 0 Å². The smallest absolute Gasteiger partial charge is 0.337 e. The first-order valence-electron chi connectivity index (χ1n) is 13.0. The molecule has 38 heavy (non-hydrogen) atoms. The minimum absolute atomic E-state index is 0.236. The van der Waals surface area contributed by atoms with Crippen molar-refractivity contribution in [1.29, 1.82) is 0 Å². The molecule has 4 aromatic rings. The molecule has 7 heteroatoms. The van der Waals surface area contributed by atoms with Gasteiger partial charge >= 0.3 is 11.7 Å². The van der Waals surface area contributed by atoms with E-state index in [4.69, 9.17) is 9.47 Å². The van der Waals surface area contributed by atoms with Gasteiger partial charge in [0.2, 0.25) is 0 Å². The highest BCUT2D eigenvalue weighted by atomic mass is 16.5. The zero-order valence-corrected chi connectivity index (χ0v) is 22.6. The van der Waals surface area contributed by atoms with E-state index in [2.05, 4.69) is 11.1 Å². The summed E-state index contributed by atoms with van der Waals surface area (Å²) < 4.78 is 13.7. The number of carboxylic acids is 1. The van der Waals surface area contributed by atoms with Crippen LogP contribution in [0.25, 0.3) is 22.2 Å². The zero-order valence-electron chi connectivity index (χ0n) is 22.6. The van der Waals surface area contributed by atoms with E-state index in [9.17, 15) is 14.7 Å². The number of carboxylic acid groups (broad SMARTS) is 1. The summed E-state index contributed by atoms with van der Waals surface area (Å²) in [5, 5.41) is 10.4. The van der Waals surface area contributed by atoms with Crippen LogP contribution < -0.4 is 10.4 Å². The molecule has 2 heterocycles. The SMILES string of the molecule is Cc1c(C(OC(C)(C)C)C(=O)O)c(-c2ccc3c(c2)CCCO3)c(C)c2c1[nH]c(=O)n2Cc1ccccc1. The molecule has 0 radical (unpaired) electrons. The number of aromatic amines is 1. The molecule has 1 unspecified atom stereocenters. The number of hydrogen-bond acceptors (Lipinski definition) is 4. The molecule has 0 saturated carbocycles. The molecule has 0 amide bonds. The Morgan fingerprint density at radius 3 is 2.55 bits per heavy atom. The molecular weight excluding hydrogens is 480 g/mol. The number of hydrogen-bond donors (Lipinski definition) is 2. The van der Waals surface area contributed by atoms with Crippen molar-refractivity contribution in [2.75, 3.05) is 6.61 Å². The molecule has 5 rings (SSSR count). The lowest BCUT2D eigenvalue weighted by molar-refractivity contribution is -0.160. The van der Waals surface area contributed by atoms with Crippen LogP contribution in [0.2, 0.25) is 0 Å². The predicted molar refractivity (Wildman–Crippen MR) is 148 cm³/mol. The summed E-state index contributed by atoms with van der Waals surface area (Å²) in [5.74, 6) is -0.212. The minimum atomic E-state index is -1.22. The first-order valence-corrected chi connectivity index (χ1v) is 13.0. The Bertz CT molecular complexity index is 1570. The number of H-pyrrole nitrogens is 1. The Morgan fingerprint density at radius 2 is 1.87 bits per heavy atom. The lowest BCUT2D eigenvalue weighted by atomic mass is 9.86. The fraction of sp³-hybridized carbons (Fsp3) is 0.355. The molecular formula is C31H34N2O5. The van der Waals surface area contributed by atoms with Crippen molar-refractivity contribution in [1.82, 2.24) is 9.55 Å². The highest BCUT2D eigenvalue weighted by molar-refractivity contribution is 5.95. The largest absolute Gasteiger partial charge is 0.493 e. The van der Waals surface area contributed by atoms with Gasteiger partial charge in [-0.1, -0.05) is 36.4 Å². The van der Waals surface area contributed by atoms with Gasteiger partial charge < -0.3 is 19.6 Å². The second-order valence-electron chi connectivity index (χ2n) is 11.0. The number of aryl methyl sites for hydroxylation is 3. The summed E-state index contributed by atoms with van der Waals surface area (Å²) >= 11 is 0. The van der Waals surface area contributed by atoms with Crippen molar-refractivity contribution in [2.24, 2.45) is 0 Å². The Balaban J connectivity index is 1.83. The van der Waals surface area contributed by atoms with Crippen molar-refractivity contribution in [3.63, 3.8) is 0 Å². The Labute approximate surface area is 222 Å². The Kier molecular flexibility index (Phi) is 6.65. The van der Waals surface area contributed by atoms with Crippen molar-refractivity contribution in [3.8, 4) is 16.9 Å². The van der Waals surface area contributed by atoms with Crippen LogP contribution in [-0.4, -0.2) is 32.8 Å². The maximum atomic E-state index is 13.3. The molecule has 1 aliphatic heterocycles. The molecule has 3 aromatic carbocycles. The normalized spacial score (nSPS) is 14.2. The number of rotatable bonds is 6. The number of ether oxygens (including phenoxy) is 2. The van der Waals surface area contributed by atoms with Gasteiger partial charge in [0.15, 0.2) is 6.10 Å². The van der Waals surface area contributed by atoms with Gasteiger partial charge in [-0.05, 0) is 93.0 Å². The van der Waals surface area contributed by atoms with E-state index in [1.54, 1.807) is 4.57 Å². The van der Waals surface area contributed by atoms with Gasteiger partial charge in [0, 0.05) is 5.56 Å². The average molecular weight is 515 g/mol. The number of fused-ring (bicyclic) bond motifs is 2. The van der Waals surface area contributed by atoms with E-state index >= 15 is 0 Å². The second kappa shape index (κ2) is 9.80. The van der Waals surface area contributed by atoms with Gasteiger partial charge in [0.25, 0.3) is 0 Å². The van der Waals surface area contributed by atoms with Crippen molar-refractivity contribution in [2.45, 2.75) is 65.7 Å². The fourth-order valence-corrected chi connectivity index (χ4v) is 5.49. The third kappa shape index (κ3) is 4.74. The lowest BCUT2D eigenvalue weighted by Gasteiger charge is -2.29. The van der Waals surface area contributed by atoms with Crippen LogP contribution in [0.15, 0.2) is 53.3 Å². The molecule has 1 atom stereocenters. The molecule has 0 fully saturated rings. The summed E-state index contributed by atoms with van der Waals surface area (Å²) in [5.41, 5.74) is 6.30. The lowest BCUT2D eigenvalue weighted by Crippen LogP contribution is -2.28. The van der Waals surface area contributed by atoms with Gasteiger partial charge in [0.05, 0.1) is 29.8 Å². The molecule has 0 aliphatic carbocycles. The molecule has 0 saturated heterocycles. The standard InChI is InChI=1S/C31H34N2O5/c1-18-25(28(29(34)35)38-31(3,4)5)24(22-13-14-23-21(16-22)12-9-15-37-23)19(2)27-26(18)32-30(36)33(27)17-20-10-7-6-8-11-20/h6-8,10-11,13-14,16,28H,9,12,15,17H2,1-5H3,(H,32,36)(H,34,35). The van der Waals surface area contributed by atoms with Gasteiger partial charge in [-0.2, -0.15) is 0 Å². The molecule has 0 spiro atoms. The Hall–Kier alpha value is -3.84. The monoisotopic (exact) mass is 514 g/mol. The van der Waals surface area contributed by atoms with Crippen LogP contribution in [0.5, 0.6) is 5.75 Å². The van der Waals surface area contributed by atoms with Crippen LogP contribution in [0.3, 0.4) is 0 Å². The van der Waals surface area contributed by atoms with E-state index in [-0.39, 0.29) is 5.69 Å². The highest BCUT2D eigenvalue weighted by Crippen LogP contribution is 2.43. The number of nitrogens with one attached hydrogen (secondary N) is 1. The van der Waals surface area contributed by atoms with Crippen LogP contribution in [-0.2, 0) is 22.5 Å². The van der Waals surface area contributed by atoms with Crippen molar-refractivity contribution >= 4 is 17.0 Å². The summed E-state index contributed by atoms with van der Waals surface area (Å²) in [6.07, 6.45) is 0.601. The second-order valence-corrected chi connectivity index (χ2v) is 11.0. The van der Waals surface area contributed by atoms with E-state index in [1.165, 1.54) is 0 Å². The Morgan fingerprint density at radius 1 is 1.13 bits per heavy atom. The third-order valence-corrected chi connectivity index (χ3v) is 7.10. The molecule has 198 valence electrons. The summed E-state index contributed by atoms with van der Waals surface area (Å²) in [4.78, 5) is 29.0. The molecule has 2 N–H and O–H groups in total. The number of benzene rings is 3. The van der Waals surface area contributed by atoms with Crippen LogP contribution >= 0.6 is 0 Å². The maximum absolute atomic E-state index is 13.3. The van der Waals surface area contributed by atoms with E-state index < -0.39 is 17.7 Å². The molecule has 7 nitrogen and oxygen atoms in total. The maximum Gasteiger partial charge on any atom is 0.337 e. The fourth-order valence-electron chi connectivity index (χ4n) is 5.49. The molecule has 1 aromatic heterocycles. The van der Waals surface area contributed by atoms with E-state index in [0.717, 1.165) is 51.9 Å². The van der Waals surface area contributed by atoms with E-state index in [1.807, 2.05) is 77.1 Å².